The standard InChI is InChI=1S/C11H15FN2O2S/c1-2-17(16)4-3-14-11(15)8-5-9(12)7-10(13)6-8/h5-7H,2-4,13H2,1H3,(H,14,15). The van der Waals surface area contributed by atoms with Gasteiger partial charge in [0.25, 0.3) is 5.91 Å². The smallest absolute Gasteiger partial charge is 0.251 e. The molecule has 0 heterocycles. The molecule has 1 rings (SSSR count). The van der Waals surface area contributed by atoms with E-state index in [1.54, 1.807) is 0 Å². The maximum Gasteiger partial charge on any atom is 0.251 e. The van der Waals surface area contributed by atoms with Crippen molar-refractivity contribution in [3.63, 3.8) is 0 Å². The Morgan fingerprint density at radius 3 is 2.76 bits per heavy atom. The molecular formula is C11H15FN2O2S. The van der Waals surface area contributed by atoms with E-state index in [0.29, 0.717) is 18.1 Å². The quantitative estimate of drug-likeness (QED) is 0.771. The van der Waals surface area contributed by atoms with Crippen molar-refractivity contribution in [2.24, 2.45) is 0 Å². The van der Waals surface area contributed by atoms with Gasteiger partial charge in [-0.25, -0.2) is 4.39 Å². The third-order valence-corrected chi connectivity index (χ3v) is 3.42. The number of hydrogen-bond acceptors (Lipinski definition) is 3. The average Bonchev–Trinajstić information content (AvgIpc) is 2.27. The summed E-state index contributed by atoms with van der Waals surface area (Å²) in [6.45, 7) is 2.11. The Hall–Kier alpha value is -1.43. The molecule has 6 heteroatoms. The lowest BCUT2D eigenvalue weighted by atomic mass is 10.2. The molecule has 0 aromatic heterocycles. The molecule has 0 spiro atoms. The number of anilines is 1. The summed E-state index contributed by atoms with van der Waals surface area (Å²) in [5.74, 6) is -0.00730. The predicted molar refractivity (Wildman–Crippen MR) is 66.7 cm³/mol. The van der Waals surface area contributed by atoms with Crippen LogP contribution in [0.2, 0.25) is 0 Å². The Morgan fingerprint density at radius 2 is 2.18 bits per heavy atom. The van der Waals surface area contributed by atoms with E-state index < -0.39 is 22.5 Å². The van der Waals surface area contributed by atoms with E-state index in [2.05, 4.69) is 5.32 Å². The van der Waals surface area contributed by atoms with Crippen LogP contribution in [0.1, 0.15) is 17.3 Å². The molecule has 0 saturated carbocycles. The van der Waals surface area contributed by atoms with Crippen molar-refractivity contribution in [1.29, 1.82) is 0 Å². The SMILES string of the molecule is CCS(=O)CCNC(=O)c1cc(N)cc(F)c1. The fraction of sp³-hybridized carbons (Fsp3) is 0.364. The minimum Gasteiger partial charge on any atom is -0.399 e. The molecule has 1 amide bonds. The highest BCUT2D eigenvalue weighted by Crippen LogP contribution is 2.10. The van der Waals surface area contributed by atoms with E-state index in [1.807, 2.05) is 6.92 Å². The number of carbonyl (C=O) groups excluding carboxylic acids is 1. The minimum absolute atomic E-state index is 0.171. The highest BCUT2D eigenvalue weighted by atomic mass is 32.2. The first kappa shape index (κ1) is 13.6. The summed E-state index contributed by atoms with van der Waals surface area (Å²) >= 11 is 0. The zero-order chi connectivity index (χ0) is 12.8. The Labute approximate surface area is 102 Å². The normalized spacial score (nSPS) is 12.1. The lowest BCUT2D eigenvalue weighted by Gasteiger charge is -2.05. The largest absolute Gasteiger partial charge is 0.399 e. The van der Waals surface area contributed by atoms with Gasteiger partial charge in [0.1, 0.15) is 5.82 Å². The van der Waals surface area contributed by atoms with E-state index in [9.17, 15) is 13.4 Å². The lowest BCUT2D eigenvalue weighted by molar-refractivity contribution is 0.0955. The molecule has 1 aromatic carbocycles. The molecule has 3 N–H and O–H groups in total. The molecular weight excluding hydrogens is 243 g/mol. The van der Waals surface area contributed by atoms with Gasteiger partial charge < -0.3 is 11.1 Å². The Balaban J connectivity index is 2.55. The van der Waals surface area contributed by atoms with E-state index in [1.165, 1.54) is 6.07 Å². The monoisotopic (exact) mass is 258 g/mol. The van der Waals surface area contributed by atoms with Crippen molar-refractivity contribution in [3.05, 3.63) is 29.6 Å². The molecule has 0 aliphatic rings. The summed E-state index contributed by atoms with van der Waals surface area (Å²) in [7, 11) is -0.922. The van der Waals surface area contributed by atoms with E-state index in [0.717, 1.165) is 12.1 Å². The van der Waals surface area contributed by atoms with Crippen LogP contribution in [0.15, 0.2) is 18.2 Å². The van der Waals surface area contributed by atoms with Crippen LogP contribution in [-0.4, -0.2) is 28.2 Å². The van der Waals surface area contributed by atoms with Gasteiger partial charge in [-0.05, 0) is 18.2 Å². The molecule has 4 nitrogen and oxygen atoms in total. The van der Waals surface area contributed by atoms with Crippen LogP contribution < -0.4 is 11.1 Å². The average molecular weight is 258 g/mol. The van der Waals surface area contributed by atoms with Gasteiger partial charge in [-0.1, -0.05) is 6.92 Å². The number of nitrogens with two attached hydrogens (primary N) is 1. The van der Waals surface area contributed by atoms with Gasteiger partial charge in [0.2, 0.25) is 0 Å². The van der Waals surface area contributed by atoms with Gasteiger partial charge >= 0.3 is 0 Å². The van der Waals surface area contributed by atoms with Crippen LogP contribution in [0.5, 0.6) is 0 Å². The second-order valence-electron chi connectivity index (χ2n) is 3.46. The van der Waals surface area contributed by atoms with Crippen LogP contribution in [-0.2, 0) is 10.8 Å². The van der Waals surface area contributed by atoms with Gasteiger partial charge in [0.05, 0.1) is 0 Å². The predicted octanol–water partition coefficient (Wildman–Crippen LogP) is 0.906. The van der Waals surface area contributed by atoms with Crippen molar-refractivity contribution in [2.75, 3.05) is 23.8 Å². The van der Waals surface area contributed by atoms with E-state index in [4.69, 9.17) is 5.73 Å². The number of nitrogen functional groups attached to an aromatic ring is 1. The zero-order valence-electron chi connectivity index (χ0n) is 9.53. The molecule has 0 fully saturated rings. The molecule has 0 radical (unpaired) electrons. The third-order valence-electron chi connectivity index (χ3n) is 2.12. The maximum atomic E-state index is 13.0. The number of halogens is 1. The highest BCUT2D eigenvalue weighted by molar-refractivity contribution is 7.84. The molecule has 1 aromatic rings. The first-order chi connectivity index (χ1) is 8.02. The van der Waals surface area contributed by atoms with Gasteiger partial charge in [-0.15, -0.1) is 0 Å². The molecule has 0 aliphatic heterocycles. The van der Waals surface area contributed by atoms with Crippen molar-refractivity contribution in [2.45, 2.75) is 6.92 Å². The Morgan fingerprint density at radius 1 is 1.47 bits per heavy atom. The summed E-state index contributed by atoms with van der Waals surface area (Å²) < 4.78 is 24.1. The highest BCUT2D eigenvalue weighted by Gasteiger charge is 2.07. The van der Waals surface area contributed by atoms with Gasteiger partial charge in [0.15, 0.2) is 0 Å². The fourth-order valence-electron chi connectivity index (χ4n) is 1.27. The molecule has 1 unspecified atom stereocenters. The third kappa shape index (κ3) is 4.52. The molecule has 17 heavy (non-hydrogen) atoms. The summed E-state index contributed by atoms with van der Waals surface area (Å²) in [6.07, 6.45) is 0. The molecule has 94 valence electrons. The number of nitrogens with one attached hydrogen (secondary N) is 1. The Bertz CT molecular complexity index is 417. The number of hydrogen-bond donors (Lipinski definition) is 2. The number of amides is 1. The van der Waals surface area contributed by atoms with Crippen LogP contribution >= 0.6 is 0 Å². The van der Waals surface area contributed by atoms with Gasteiger partial charge in [-0.3, -0.25) is 9.00 Å². The molecule has 1 atom stereocenters. The topological polar surface area (TPSA) is 72.2 Å². The van der Waals surface area contributed by atoms with Crippen LogP contribution in [0, 0.1) is 5.82 Å². The van der Waals surface area contributed by atoms with Crippen molar-refractivity contribution in [3.8, 4) is 0 Å². The molecule has 0 aliphatic carbocycles. The zero-order valence-corrected chi connectivity index (χ0v) is 10.3. The number of rotatable bonds is 5. The summed E-state index contributed by atoms with van der Waals surface area (Å²) in [5, 5.41) is 2.56. The lowest BCUT2D eigenvalue weighted by Crippen LogP contribution is -2.28. The van der Waals surface area contributed by atoms with Crippen LogP contribution in [0.4, 0.5) is 10.1 Å². The molecule has 0 bridgehead atoms. The first-order valence-corrected chi connectivity index (χ1v) is 6.71. The van der Waals surface area contributed by atoms with Gasteiger partial charge in [0, 0.05) is 40.1 Å². The summed E-state index contributed by atoms with van der Waals surface area (Å²) in [4.78, 5) is 11.6. The molecule has 0 saturated heterocycles. The Kier molecular flexibility index (Phi) is 5.09. The van der Waals surface area contributed by atoms with Crippen molar-refractivity contribution < 1.29 is 13.4 Å². The fourth-order valence-corrected chi connectivity index (χ4v) is 1.89. The first-order valence-electron chi connectivity index (χ1n) is 5.22. The van der Waals surface area contributed by atoms with Crippen molar-refractivity contribution in [1.82, 2.24) is 5.32 Å². The minimum atomic E-state index is -0.922. The van der Waals surface area contributed by atoms with E-state index >= 15 is 0 Å². The van der Waals surface area contributed by atoms with Crippen LogP contribution in [0.25, 0.3) is 0 Å². The van der Waals surface area contributed by atoms with Gasteiger partial charge in [-0.2, -0.15) is 0 Å². The second-order valence-corrected chi connectivity index (χ2v) is 5.33. The van der Waals surface area contributed by atoms with Crippen molar-refractivity contribution >= 4 is 22.4 Å². The summed E-state index contributed by atoms with van der Waals surface area (Å²) in [6, 6.07) is 3.65. The second kappa shape index (κ2) is 6.34. The summed E-state index contributed by atoms with van der Waals surface area (Å²) in [5.41, 5.74) is 5.80. The number of carbonyl (C=O) groups is 1. The number of benzene rings is 1. The van der Waals surface area contributed by atoms with E-state index in [-0.39, 0.29) is 11.3 Å². The maximum absolute atomic E-state index is 13.0. The van der Waals surface area contributed by atoms with Crippen LogP contribution in [0.3, 0.4) is 0 Å².